The molecule has 37 heavy (non-hydrogen) atoms. The van der Waals surface area contributed by atoms with Gasteiger partial charge in [0.2, 0.25) is 0 Å². The van der Waals surface area contributed by atoms with Crippen molar-refractivity contribution in [1.29, 1.82) is 0 Å². The molecule has 0 saturated heterocycles. The molecule has 1 heterocycles. The molecule has 3 aromatic rings. The Labute approximate surface area is 221 Å². The Balaban J connectivity index is 1.51. The molecule has 8 nitrogen and oxygen atoms in total. The number of hydrogen-bond acceptors (Lipinski definition) is 5. The second-order valence-electron chi connectivity index (χ2n) is 9.10. The van der Waals surface area contributed by atoms with Crippen molar-refractivity contribution in [2.75, 3.05) is 11.9 Å². The van der Waals surface area contributed by atoms with Crippen LogP contribution in [0.15, 0.2) is 59.5 Å². The van der Waals surface area contributed by atoms with Crippen molar-refractivity contribution in [2.45, 2.75) is 43.5 Å². The van der Waals surface area contributed by atoms with E-state index in [1.165, 1.54) is 12.1 Å². The third-order valence-corrected chi connectivity index (χ3v) is 8.58. The van der Waals surface area contributed by atoms with Crippen molar-refractivity contribution < 1.29 is 23.1 Å². The molecule has 0 fully saturated rings. The minimum Gasteiger partial charge on any atom is -0.478 e. The zero-order chi connectivity index (χ0) is 26.7. The van der Waals surface area contributed by atoms with Gasteiger partial charge in [0.1, 0.15) is 0 Å². The molecule has 0 aliphatic carbocycles. The lowest BCUT2D eigenvalue weighted by Crippen LogP contribution is -2.32. The largest absolute Gasteiger partial charge is 0.478 e. The molecule has 4 N–H and O–H groups in total. The molecule has 0 aromatic heterocycles. The number of carboxylic acid groups (broad SMARTS) is 1. The summed E-state index contributed by atoms with van der Waals surface area (Å²) in [6.07, 6.45) is 0.823. The summed E-state index contributed by atoms with van der Waals surface area (Å²) in [6, 6.07) is 13.7. The van der Waals surface area contributed by atoms with Crippen LogP contribution in [0.1, 0.15) is 51.1 Å². The number of benzene rings is 3. The van der Waals surface area contributed by atoms with Gasteiger partial charge in [0.25, 0.3) is 0 Å². The van der Waals surface area contributed by atoms with E-state index in [1.54, 1.807) is 19.1 Å². The Kier molecular flexibility index (Phi) is 7.87. The Morgan fingerprint density at radius 2 is 1.89 bits per heavy atom. The van der Waals surface area contributed by atoms with Crippen molar-refractivity contribution >= 4 is 39.1 Å². The number of aryl methyl sites for hydroxylation is 1. The first kappa shape index (κ1) is 26.7. The zero-order valence-electron chi connectivity index (χ0n) is 20.5. The molecule has 3 aromatic carbocycles. The number of sulfone groups is 1. The highest BCUT2D eigenvalue weighted by Crippen LogP contribution is 2.27. The van der Waals surface area contributed by atoms with Gasteiger partial charge in [-0.3, -0.25) is 0 Å². The fourth-order valence-corrected chi connectivity index (χ4v) is 6.01. The monoisotopic (exact) mass is 541 g/mol. The van der Waals surface area contributed by atoms with Crippen LogP contribution < -0.4 is 16.0 Å². The van der Waals surface area contributed by atoms with E-state index < -0.39 is 27.9 Å². The average molecular weight is 542 g/mol. The zero-order valence-corrected chi connectivity index (χ0v) is 22.0. The first-order valence-corrected chi connectivity index (χ1v) is 13.8. The van der Waals surface area contributed by atoms with Crippen molar-refractivity contribution in [2.24, 2.45) is 0 Å². The number of urea groups is 1. The van der Waals surface area contributed by atoms with Crippen LogP contribution in [0.3, 0.4) is 0 Å². The number of halogens is 1. The predicted molar refractivity (Wildman–Crippen MR) is 143 cm³/mol. The maximum atomic E-state index is 13.1. The van der Waals surface area contributed by atoms with Gasteiger partial charge in [0, 0.05) is 11.6 Å². The first-order valence-electron chi connectivity index (χ1n) is 11.8. The number of amides is 2. The van der Waals surface area contributed by atoms with Crippen LogP contribution in [0, 0.1) is 6.92 Å². The van der Waals surface area contributed by atoms with Gasteiger partial charge in [0.05, 0.1) is 27.9 Å². The fourth-order valence-electron chi connectivity index (χ4n) is 4.36. The second-order valence-corrected chi connectivity index (χ2v) is 11.5. The summed E-state index contributed by atoms with van der Waals surface area (Å²) in [4.78, 5) is 24.4. The number of hydrogen-bond donors (Lipinski definition) is 4. The van der Waals surface area contributed by atoms with Gasteiger partial charge < -0.3 is 21.1 Å². The predicted octanol–water partition coefficient (Wildman–Crippen LogP) is 4.85. The summed E-state index contributed by atoms with van der Waals surface area (Å²) < 4.78 is 26.2. The third-order valence-electron chi connectivity index (χ3n) is 6.38. The molecule has 194 valence electrons. The molecule has 1 unspecified atom stereocenters. The topological polar surface area (TPSA) is 125 Å². The van der Waals surface area contributed by atoms with Gasteiger partial charge in [0.15, 0.2) is 9.84 Å². The molecule has 10 heteroatoms. The van der Waals surface area contributed by atoms with E-state index in [-0.39, 0.29) is 21.9 Å². The summed E-state index contributed by atoms with van der Waals surface area (Å²) in [5, 5.41) is 18.8. The Hall–Kier alpha value is -3.40. The molecule has 0 spiro atoms. The fraction of sp³-hybridized carbons (Fsp3) is 0.259. The summed E-state index contributed by atoms with van der Waals surface area (Å²) in [6.45, 7) is 5.20. The van der Waals surface area contributed by atoms with E-state index in [9.17, 15) is 23.1 Å². The van der Waals surface area contributed by atoms with Gasteiger partial charge >= 0.3 is 12.0 Å². The number of aromatic carboxylic acids is 1. The summed E-state index contributed by atoms with van der Waals surface area (Å²) in [5.74, 6) is -1.61. The molecule has 4 rings (SSSR count). The standard InChI is InChI=1S/C27H28ClN3O5S/c1-16-4-3-5-22(25(16)28)17(2)30-27(34)31-24-9-8-21(13-23(24)26(32)33)37(35,36)15-18-6-7-20-14-29-11-10-19(20)12-18/h3-9,12-13,17,29H,10-11,14-15H2,1-2H3,(H,32,33)(H2,30,31,34). The number of rotatable bonds is 7. The smallest absolute Gasteiger partial charge is 0.337 e. The summed E-state index contributed by atoms with van der Waals surface area (Å²) in [5.41, 5.74) is 4.14. The van der Waals surface area contributed by atoms with Gasteiger partial charge in [-0.25, -0.2) is 18.0 Å². The van der Waals surface area contributed by atoms with Crippen LogP contribution >= 0.6 is 11.6 Å². The number of carboxylic acids is 1. The van der Waals surface area contributed by atoms with Crippen LogP contribution in [0.5, 0.6) is 0 Å². The highest BCUT2D eigenvalue weighted by atomic mass is 35.5. The quantitative estimate of drug-likeness (QED) is 0.339. The van der Waals surface area contributed by atoms with Crippen molar-refractivity contribution in [3.8, 4) is 0 Å². The maximum Gasteiger partial charge on any atom is 0.337 e. The third kappa shape index (κ3) is 6.12. The lowest BCUT2D eigenvalue weighted by atomic mass is 9.99. The number of nitrogens with one attached hydrogen (secondary N) is 3. The van der Waals surface area contributed by atoms with E-state index in [0.29, 0.717) is 10.6 Å². The SMILES string of the molecule is Cc1cccc(C(C)NC(=O)Nc2ccc(S(=O)(=O)Cc3ccc4c(c3)CCNC4)cc2C(=O)O)c1Cl. The average Bonchev–Trinajstić information content (AvgIpc) is 2.85. The van der Waals surface area contributed by atoms with Crippen LogP contribution in [0.25, 0.3) is 0 Å². The molecule has 1 aliphatic rings. The second kappa shape index (κ2) is 10.9. The minimum atomic E-state index is -3.83. The highest BCUT2D eigenvalue weighted by Gasteiger charge is 2.22. The molecule has 0 saturated carbocycles. The number of anilines is 1. The van der Waals surface area contributed by atoms with Crippen molar-refractivity contribution in [1.82, 2.24) is 10.6 Å². The Morgan fingerprint density at radius 1 is 1.11 bits per heavy atom. The normalized spacial score (nSPS) is 13.9. The van der Waals surface area contributed by atoms with Gasteiger partial charge in [-0.15, -0.1) is 0 Å². The maximum absolute atomic E-state index is 13.1. The van der Waals surface area contributed by atoms with E-state index in [1.807, 2.05) is 31.2 Å². The van der Waals surface area contributed by atoms with Crippen molar-refractivity contribution in [3.63, 3.8) is 0 Å². The van der Waals surface area contributed by atoms with Crippen LogP contribution in [0.2, 0.25) is 5.02 Å². The Morgan fingerprint density at radius 3 is 2.65 bits per heavy atom. The number of carbonyl (C=O) groups excluding carboxylic acids is 1. The van der Waals surface area contributed by atoms with Crippen molar-refractivity contribution in [3.05, 3.63) is 93.0 Å². The number of fused-ring (bicyclic) bond motifs is 1. The molecular formula is C27H28ClN3O5S. The lowest BCUT2D eigenvalue weighted by molar-refractivity contribution is 0.0697. The Bertz CT molecular complexity index is 1470. The molecule has 0 bridgehead atoms. The molecular weight excluding hydrogens is 514 g/mol. The molecule has 1 atom stereocenters. The van der Waals surface area contributed by atoms with E-state index in [4.69, 9.17) is 11.6 Å². The van der Waals surface area contributed by atoms with Crippen LogP contribution in [0.4, 0.5) is 10.5 Å². The van der Waals surface area contributed by atoms with E-state index in [0.717, 1.165) is 47.8 Å². The highest BCUT2D eigenvalue weighted by molar-refractivity contribution is 7.90. The molecule has 2 amide bonds. The lowest BCUT2D eigenvalue weighted by Gasteiger charge is -2.18. The minimum absolute atomic E-state index is 0.0206. The summed E-state index contributed by atoms with van der Waals surface area (Å²) >= 11 is 6.34. The van der Waals surface area contributed by atoms with E-state index >= 15 is 0 Å². The van der Waals surface area contributed by atoms with Crippen LogP contribution in [-0.2, 0) is 28.6 Å². The summed E-state index contributed by atoms with van der Waals surface area (Å²) in [7, 11) is -3.83. The van der Waals surface area contributed by atoms with Gasteiger partial charge in [-0.1, -0.05) is 48.0 Å². The molecule has 1 aliphatic heterocycles. The first-order chi connectivity index (χ1) is 17.5. The van der Waals surface area contributed by atoms with Crippen LogP contribution in [-0.4, -0.2) is 32.1 Å². The van der Waals surface area contributed by atoms with E-state index in [2.05, 4.69) is 16.0 Å². The van der Waals surface area contributed by atoms with Gasteiger partial charge in [-0.2, -0.15) is 0 Å². The molecule has 0 radical (unpaired) electrons. The number of carbonyl (C=O) groups is 2. The van der Waals surface area contributed by atoms with Gasteiger partial charge in [-0.05, 0) is 72.8 Å².